The first-order valence-corrected chi connectivity index (χ1v) is 7.56. The van der Waals surface area contributed by atoms with Crippen LogP contribution in [0, 0.1) is 0 Å². The minimum absolute atomic E-state index is 0.167. The van der Waals surface area contributed by atoms with Gasteiger partial charge < -0.3 is 10.4 Å². The summed E-state index contributed by atoms with van der Waals surface area (Å²) in [6, 6.07) is 18.0. The van der Waals surface area contributed by atoms with E-state index < -0.39 is 5.60 Å². The third-order valence-corrected chi connectivity index (χ3v) is 4.24. The van der Waals surface area contributed by atoms with Crippen LogP contribution in [-0.2, 0) is 5.60 Å². The lowest BCUT2D eigenvalue weighted by Crippen LogP contribution is -2.36. The lowest BCUT2D eigenvalue weighted by Gasteiger charge is -2.27. The van der Waals surface area contributed by atoms with E-state index in [1.807, 2.05) is 55.5 Å². The summed E-state index contributed by atoms with van der Waals surface area (Å²) in [5.41, 5.74) is 1.24. The van der Waals surface area contributed by atoms with Gasteiger partial charge in [-0.25, -0.2) is 0 Å². The van der Waals surface area contributed by atoms with Gasteiger partial charge in [0.25, 0.3) is 0 Å². The van der Waals surface area contributed by atoms with Gasteiger partial charge in [-0.1, -0.05) is 64.5 Å². The summed E-state index contributed by atoms with van der Waals surface area (Å²) in [5, 5.41) is 14.0. The van der Waals surface area contributed by atoms with Crippen molar-refractivity contribution in [3.05, 3.63) is 70.2 Å². The number of hydrogen-bond acceptors (Lipinski definition) is 2. The van der Waals surface area contributed by atoms with Crippen molar-refractivity contribution in [1.29, 1.82) is 0 Å². The SMILES string of the molecule is C[C@H](NCC(C)(O)c1ccccc1)c1ccccc1Br. The molecule has 3 heteroatoms. The molecule has 0 fully saturated rings. The minimum Gasteiger partial charge on any atom is -0.384 e. The smallest absolute Gasteiger partial charge is 0.0992 e. The predicted octanol–water partition coefficient (Wildman–Crippen LogP) is 4.01. The second-order valence-electron chi connectivity index (χ2n) is 5.26. The number of nitrogens with one attached hydrogen (secondary N) is 1. The molecule has 0 heterocycles. The second kappa shape index (κ2) is 6.53. The Bertz CT molecular complexity index is 554. The molecule has 0 bridgehead atoms. The van der Waals surface area contributed by atoms with Crippen molar-refractivity contribution in [2.45, 2.75) is 25.5 Å². The molecule has 0 aliphatic heterocycles. The van der Waals surface area contributed by atoms with E-state index in [1.54, 1.807) is 0 Å². The number of aliphatic hydroxyl groups is 1. The Balaban J connectivity index is 2.03. The van der Waals surface area contributed by atoms with E-state index in [2.05, 4.69) is 34.2 Å². The highest BCUT2D eigenvalue weighted by molar-refractivity contribution is 9.10. The van der Waals surface area contributed by atoms with E-state index in [0.29, 0.717) is 6.54 Å². The molecular formula is C17H20BrNO. The molecule has 2 rings (SSSR count). The number of rotatable bonds is 5. The molecule has 2 nitrogen and oxygen atoms in total. The summed E-state index contributed by atoms with van der Waals surface area (Å²) < 4.78 is 1.08. The Hall–Kier alpha value is -1.16. The van der Waals surface area contributed by atoms with Gasteiger partial charge in [0, 0.05) is 17.1 Å². The van der Waals surface area contributed by atoms with E-state index in [9.17, 15) is 5.11 Å². The highest BCUT2D eigenvalue weighted by Gasteiger charge is 2.23. The van der Waals surface area contributed by atoms with Gasteiger partial charge in [0.05, 0.1) is 5.60 Å². The molecule has 106 valence electrons. The molecule has 0 aromatic heterocycles. The molecule has 2 aromatic rings. The molecule has 2 aromatic carbocycles. The fourth-order valence-corrected chi connectivity index (χ4v) is 2.82. The normalized spacial score (nSPS) is 15.6. The van der Waals surface area contributed by atoms with Crippen LogP contribution in [0.2, 0.25) is 0 Å². The van der Waals surface area contributed by atoms with Gasteiger partial charge in [-0.3, -0.25) is 0 Å². The summed E-state index contributed by atoms with van der Waals surface area (Å²) in [4.78, 5) is 0. The highest BCUT2D eigenvalue weighted by atomic mass is 79.9. The average molecular weight is 334 g/mol. The zero-order valence-electron chi connectivity index (χ0n) is 11.8. The lowest BCUT2D eigenvalue weighted by atomic mass is 9.95. The van der Waals surface area contributed by atoms with Gasteiger partial charge in [0.2, 0.25) is 0 Å². The van der Waals surface area contributed by atoms with Gasteiger partial charge in [-0.2, -0.15) is 0 Å². The van der Waals surface area contributed by atoms with E-state index in [1.165, 1.54) is 5.56 Å². The van der Waals surface area contributed by atoms with Crippen molar-refractivity contribution in [2.75, 3.05) is 6.54 Å². The maximum Gasteiger partial charge on any atom is 0.0992 e. The van der Waals surface area contributed by atoms with Gasteiger partial charge >= 0.3 is 0 Å². The van der Waals surface area contributed by atoms with Crippen molar-refractivity contribution in [1.82, 2.24) is 5.32 Å². The Morgan fingerprint density at radius 2 is 1.70 bits per heavy atom. The summed E-state index contributed by atoms with van der Waals surface area (Å²) >= 11 is 3.56. The largest absolute Gasteiger partial charge is 0.384 e. The summed E-state index contributed by atoms with van der Waals surface area (Å²) in [7, 11) is 0. The standard InChI is InChI=1S/C17H20BrNO/c1-13(15-10-6-7-11-16(15)18)19-12-17(2,20)14-8-4-3-5-9-14/h3-11,13,19-20H,12H2,1-2H3/t13-,17?/m0/s1. The molecule has 0 aliphatic carbocycles. The van der Waals surface area contributed by atoms with Gasteiger partial charge in [-0.15, -0.1) is 0 Å². The van der Waals surface area contributed by atoms with Crippen molar-refractivity contribution in [3.63, 3.8) is 0 Å². The number of benzene rings is 2. The van der Waals surface area contributed by atoms with Crippen LogP contribution in [0.4, 0.5) is 0 Å². The predicted molar refractivity (Wildman–Crippen MR) is 86.6 cm³/mol. The van der Waals surface area contributed by atoms with Gasteiger partial charge in [0.1, 0.15) is 0 Å². The highest BCUT2D eigenvalue weighted by Crippen LogP contribution is 2.25. The Morgan fingerprint density at radius 3 is 2.35 bits per heavy atom. The second-order valence-corrected chi connectivity index (χ2v) is 6.12. The topological polar surface area (TPSA) is 32.3 Å². The molecule has 0 saturated carbocycles. The summed E-state index contributed by atoms with van der Waals surface area (Å²) in [5.74, 6) is 0. The molecule has 2 N–H and O–H groups in total. The zero-order chi connectivity index (χ0) is 14.6. The Labute approximate surface area is 129 Å². The quantitative estimate of drug-likeness (QED) is 0.866. The van der Waals surface area contributed by atoms with Crippen molar-refractivity contribution in [3.8, 4) is 0 Å². The molecule has 0 aliphatic rings. The Morgan fingerprint density at radius 1 is 1.10 bits per heavy atom. The molecule has 2 atom stereocenters. The molecule has 0 radical (unpaired) electrons. The van der Waals surface area contributed by atoms with Crippen LogP contribution in [0.1, 0.15) is 31.0 Å². The third kappa shape index (κ3) is 3.69. The van der Waals surface area contributed by atoms with Crippen LogP contribution in [0.5, 0.6) is 0 Å². The van der Waals surface area contributed by atoms with Crippen LogP contribution in [-0.4, -0.2) is 11.7 Å². The fourth-order valence-electron chi connectivity index (χ4n) is 2.19. The maximum atomic E-state index is 10.6. The molecular weight excluding hydrogens is 314 g/mol. The summed E-state index contributed by atoms with van der Waals surface area (Å²) in [6.07, 6.45) is 0. The summed E-state index contributed by atoms with van der Waals surface area (Å²) in [6.45, 7) is 4.43. The molecule has 0 saturated heterocycles. The third-order valence-electron chi connectivity index (χ3n) is 3.52. The van der Waals surface area contributed by atoms with Gasteiger partial charge in [-0.05, 0) is 31.0 Å². The molecule has 1 unspecified atom stereocenters. The molecule has 0 amide bonds. The van der Waals surface area contributed by atoms with E-state index in [-0.39, 0.29) is 6.04 Å². The monoisotopic (exact) mass is 333 g/mol. The van der Waals surface area contributed by atoms with Crippen LogP contribution in [0.25, 0.3) is 0 Å². The van der Waals surface area contributed by atoms with Crippen LogP contribution >= 0.6 is 15.9 Å². The van der Waals surface area contributed by atoms with Gasteiger partial charge in [0.15, 0.2) is 0 Å². The first-order valence-electron chi connectivity index (χ1n) is 6.76. The molecule has 0 spiro atoms. The Kier molecular flexibility index (Phi) is 4.97. The van der Waals surface area contributed by atoms with Crippen molar-refractivity contribution >= 4 is 15.9 Å². The first-order chi connectivity index (χ1) is 9.50. The molecule has 20 heavy (non-hydrogen) atoms. The zero-order valence-corrected chi connectivity index (χ0v) is 13.4. The van der Waals surface area contributed by atoms with Crippen LogP contribution < -0.4 is 5.32 Å². The van der Waals surface area contributed by atoms with Crippen molar-refractivity contribution < 1.29 is 5.11 Å². The first kappa shape index (κ1) is 15.2. The van der Waals surface area contributed by atoms with Crippen LogP contribution in [0.3, 0.4) is 0 Å². The van der Waals surface area contributed by atoms with Crippen molar-refractivity contribution in [2.24, 2.45) is 0 Å². The van der Waals surface area contributed by atoms with E-state index >= 15 is 0 Å². The average Bonchev–Trinajstić information content (AvgIpc) is 2.46. The number of halogens is 1. The lowest BCUT2D eigenvalue weighted by molar-refractivity contribution is 0.0543. The minimum atomic E-state index is -0.878. The van der Waals surface area contributed by atoms with E-state index in [0.717, 1.165) is 10.0 Å². The fraction of sp³-hybridized carbons (Fsp3) is 0.294. The van der Waals surface area contributed by atoms with Crippen LogP contribution in [0.15, 0.2) is 59.1 Å². The van der Waals surface area contributed by atoms with E-state index in [4.69, 9.17) is 0 Å². The maximum absolute atomic E-state index is 10.6. The number of hydrogen-bond donors (Lipinski definition) is 2.